The van der Waals surface area contributed by atoms with Crippen LogP contribution in [0.25, 0.3) is 0 Å². The minimum Gasteiger partial charge on any atom is -0.345 e. The molecular weight excluding hydrogens is 284 g/mol. The molecule has 4 fully saturated rings. The third kappa shape index (κ3) is 3.16. The van der Waals surface area contributed by atoms with E-state index in [-0.39, 0.29) is 11.9 Å². The molecule has 4 aliphatic carbocycles. The van der Waals surface area contributed by atoms with Crippen LogP contribution in [0.2, 0.25) is 0 Å². The van der Waals surface area contributed by atoms with Gasteiger partial charge >= 0.3 is 0 Å². The largest absolute Gasteiger partial charge is 0.345 e. The highest BCUT2D eigenvalue weighted by Gasteiger charge is 2.53. The molecule has 1 atom stereocenters. The van der Waals surface area contributed by atoms with E-state index in [4.69, 9.17) is 0 Å². The van der Waals surface area contributed by atoms with Crippen molar-refractivity contribution >= 4 is 5.91 Å². The molecular formula is C20H29N2O+. The summed E-state index contributed by atoms with van der Waals surface area (Å²) in [5, 5.41) is 5.55. The molecule has 0 spiro atoms. The normalized spacial score (nSPS) is 36.0. The van der Waals surface area contributed by atoms with E-state index in [1.165, 1.54) is 44.1 Å². The molecule has 3 nitrogen and oxygen atoms in total. The Morgan fingerprint density at radius 3 is 2.26 bits per heavy atom. The van der Waals surface area contributed by atoms with Crippen LogP contribution >= 0.6 is 0 Å². The van der Waals surface area contributed by atoms with Crippen molar-refractivity contribution < 1.29 is 10.1 Å². The number of rotatable bonds is 5. The quantitative estimate of drug-likeness (QED) is 0.861. The monoisotopic (exact) mass is 313 g/mol. The van der Waals surface area contributed by atoms with Gasteiger partial charge in [-0.05, 0) is 49.5 Å². The Balaban J connectivity index is 1.32. The highest BCUT2D eigenvalue weighted by molar-refractivity contribution is 5.77. The molecule has 4 bridgehead atoms. The van der Waals surface area contributed by atoms with Gasteiger partial charge in [0.15, 0.2) is 6.54 Å². The first kappa shape index (κ1) is 15.2. The summed E-state index contributed by atoms with van der Waals surface area (Å²) in [6.45, 7) is 2.65. The van der Waals surface area contributed by atoms with Crippen molar-refractivity contribution in [1.82, 2.24) is 5.32 Å². The summed E-state index contributed by atoms with van der Waals surface area (Å²) in [5.41, 5.74) is 1.57. The number of amides is 1. The maximum absolute atomic E-state index is 12.4. The molecule has 0 aromatic heterocycles. The van der Waals surface area contributed by atoms with E-state index in [1.54, 1.807) is 0 Å². The van der Waals surface area contributed by atoms with Crippen LogP contribution < -0.4 is 10.6 Å². The lowest BCUT2D eigenvalue weighted by Gasteiger charge is -2.54. The van der Waals surface area contributed by atoms with E-state index in [0.29, 0.717) is 12.1 Å². The molecule has 5 rings (SSSR count). The fraction of sp³-hybridized carbons (Fsp3) is 0.650. The lowest BCUT2D eigenvalue weighted by Crippen LogP contribution is -3.00. The standard InChI is InChI=1S/C20H28N2O/c1-14(18-5-3-2-4-6-18)22-19(23)13-21-20-10-15-7-16(11-20)9-17(8-15)12-20/h2-6,14-17,21H,7-13H2,1H3,(H,22,23)/p+1/t14-,15?,16?,17?,20?/m1/s1. The second kappa shape index (κ2) is 5.94. The third-order valence-electron chi connectivity index (χ3n) is 6.48. The number of quaternary nitrogens is 1. The lowest BCUT2D eigenvalue weighted by molar-refractivity contribution is -0.730. The molecule has 1 aromatic rings. The van der Waals surface area contributed by atoms with Crippen LogP contribution in [0, 0.1) is 17.8 Å². The molecule has 0 aliphatic heterocycles. The van der Waals surface area contributed by atoms with E-state index < -0.39 is 0 Å². The Bertz CT molecular complexity index is 533. The second-order valence-electron chi connectivity index (χ2n) is 8.39. The van der Waals surface area contributed by atoms with Crippen molar-refractivity contribution in [2.45, 2.75) is 57.0 Å². The van der Waals surface area contributed by atoms with E-state index in [0.717, 1.165) is 17.8 Å². The summed E-state index contributed by atoms with van der Waals surface area (Å²) in [6, 6.07) is 10.3. The van der Waals surface area contributed by atoms with Gasteiger partial charge in [0.1, 0.15) is 0 Å². The first-order chi connectivity index (χ1) is 11.1. The average Bonchev–Trinajstić information content (AvgIpc) is 2.53. The van der Waals surface area contributed by atoms with Gasteiger partial charge in [-0.25, -0.2) is 0 Å². The fourth-order valence-corrected chi connectivity index (χ4v) is 5.86. The van der Waals surface area contributed by atoms with E-state index in [2.05, 4.69) is 29.7 Å². The Morgan fingerprint density at radius 2 is 1.70 bits per heavy atom. The summed E-state index contributed by atoms with van der Waals surface area (Å²) >= 11 is 0. The fourth-order valence-electron chi connectivity index (χ4n) is 5.86. The van der Waals surface area contributed by atoms with Crippen LogP contribution in [-0.2, 0) is 4.79 Å². The molecule has 4 aliphatic rings. The van der Waals surface area contributed by atoms with E-state index in [1.807, 2.05) is 18.2 Å². The molecule has 124 valence electrons. The van der Waals surface area contributed by atoms with Gasteiger partial charge in [0.2, 0.25) is 0 Å². The zero-order valence-electron chi connectivity index (χ0n) is 14.1. The molecule has 0 unspecified atom stereocenters. The Morgan fingerprint density at radius 1 is 1.13 bits per heavy atom. The number of nitrogens with two attached hydrogens (primary N) is 1. The molecule has 3 N–H and O–H groups in total. The number of nitrogens with one attached hydrogen (secondary N) is 1. The molecule has 0 heterocycles. The van der Waals surface area contributed by atoms with E-state index in [9.17, 15) is 4.79 Å². The number of carbonyl (C=O) groups excluding carboxylic acids is 1. The second-order valence-corrected chi connectivity index (χ2v) is 8.39. The van der Waals surface area contributed by atoms with Gasteiger partial charge in [-0.1, -0.05) is 30.3 Å². The van der Waals surface area contributed by atoms with Crippen molar-refractivity contribution in [3.63, 3.8) is 0 Å². The maximum Gasteiger partial charge on any atom is 0.275 e. The van der Waals surface area contributed by atoms with Crippen LogP contribution in [0.5, 0.6) is 0 Å². The van der Waals surface area contributed by atoms with Gasteiger partial charge in [0.25, 0.3) is 5.91 Å². The van der Waals surface area contributed by atoms with Crippen molar-refractivity contribution in [2.24, 2.45) is 17.8 Å². The maximum atomic E-state index is 12.4. The summed E-state index contributed by atoms with van der Waals surface area (Å²) in [7, 11) is 0. The van der Waals surface area contributed by atoms with Crippen molar-refractivity contribution in [1.29, 1.82) is 0 Å². The van der Waals surface area contributed by atoms with Gasteiger partial charge in [0.05, 0.1) is 11.6 Å². The van der Waals surface area contributed by atoms with Gasteiger partial charge in [-0.15, -0.1) is 0 Å². The van der Waals surface area contributed by atoms with Gasteiger partial charge in [-0.2, -0.15) is 0 Å². The SMILES string of the molecule is C[C@@H](NC(=O)C[NH2+]C12CC3CC(CC(C3)C1)C2)c1ccccc1. The molecule has 0 saturated heterocycles. The first-order valence-electron chi connectivity index (χ1n) is 9.30. The number of hydrogen-bond acceptors (Lipinski definition) is 1. The van der Waals surface area contributed by atoms with Crippen LogP contribution in [0.15, 0.2) is 30.3 Å². The zero-order valence-corrected chi connectivity index (χ0v) is 14.1. The summed E-state index contributed by atoms with van der Waals surface area (Å²) < 4.78 is 0. The van der Waals surface area contributed by atoms with Crippen molar-refractivity contribution in [2.75, 3.05) is 6.54 Å². The number of hydrogen-bond donors (Lipinski definition) is 2. The third-order valence-corrected chi connectivity index (χ3v) is 6.48. The zero-order chi connectivity index (χ0) is 15.9. The Hall–Kier alpha value is -1.35. The highest BCUT2D eigenvalue weighted by Crippen LogP contribution is 2.54. The lowest BCUT2D eigenvalue weighted by atomic mass is 9.53. The highest BCUT2D eigenvalue weighted by atomic mass is 16.2. The molecule has 0 radical (unpaired) electrons. The molecule has 3 heteroatoms. The Kier molecular flexibility index (Phi) is 3.92. The van der Waals surface area contributed by atoms with Crippen molar-refractivity contribution in [3.05, 3.63) is 35.9 Å². The van der Waals surface area contributed by atoms with Gasteiger partial charge in [-0.3, -0.25) is 4.79 Å². The first-order valence-corrected chi connectivity index (χ1v) is 9.30. The minimum absolute atomic E-state index is 0.0912. The van der Waals surface area contributed by atoms with Crippen LogP contribution in [0.3, 0.4) is 0 Å². The van der Waals surface area contributed by atoms with Crippen LogP contribution in [-0.4, -0.2) is 18.0 Å². The van der Waals surface area contributed by atoms with Crippen LogP contribution in [0.4, 0.5) is 0 Å². The van der Waals surface area contributed by atoms with E-state index >= 15 is 0 Å². The summed E-state index contributed by atoms with van der Waals surface area (Å²) in [4.78, 5) is 12.4. The topological polar surface area (TPSA) is 45.7 Å². The minimum atomic E-state index is 0.0912. The molecule has 1 aromatic carbocycles. The van der Waals surface area contributed by atoms with Gasteiger partial charge in [0, 0.05) is 19.3 Å². The smallest absolute Gasteiger partial charge is 0.275 e. The molecule has 1 amide bonds. The molecule has 4 saturated carbocycles. The Labute approximate surface area is 139 Å². The average molecular weight is 313 g/mol. The summed E-state index contributed by atoms with van der Waals surface area (Å²) in [6.07, 6.45) is 8.43. The predicted octanol–water partition coefficient (Wildman–Crippen LogP) is 2.40. The summed E-state index contributed by atoms with van der Waals surface area (Å²) in [5.74, 6) is 3.02. The van der Waals surface area contributed by atoms with Crippen LogP contribution in [0.1, 0.15) is 57.1 Å². The number of benzene rings is 1. The number of carbonyl (C=O) groups is 1. The van der Waals surface area contributed by atoms with Gasteiger partial charge < -0.3 is 10.6 Å². The predicted molar refractivity (Wildman–Crippen MR) is 90.7 cm³/mol. The molecule has 23 heavy (non-hydrogen) atoms. The van der Waals surface area contributed by atoms with Crippen molar-refractivity contribution in [3.8, 4) is 0 Å².